The van der Waals surface area contributed by atoms with E-state index < -0.39 is 41.2 Å². The zero-order valence-electron chi connectivity index (χ0n) is 22.2. The zero-order valence-corrected chi connectivity index (χ0v) is 24.7. The molecule has 4 heterocycles. The first kappa shape index (κ1) is 31.7. The number of phenolic OH excluding ortho intramolecular Hbond substituents is 2. The quantitative estimate of drug-likeness (QED) is 0.0909. The van der Waals surface area contributed by atoms with Crippen LogP contribution in [0.5, 0.6) is 11.5 Å². The minimum Gasteiger partial charge on any atom is -0.504 e. The van der Waals surface area contributed by atoms with E-state index in [9.17, 15) is 24.3 Å². The van der Waals surface area contributed by atoms with Crippen LogP contribution in [0, 0.1) is 6.92 Å². The van der Waals surface area contributed by atoms with Crippen molar-refractivity contribution in [1.29, 1.82) is 0 Å². The Morgan fingerprint density at radius 3 is 2.58 bits per heavy atom. The van der Waals surface area contributed by atoms with Crippen molar-refractivity contribution in [2.45, 2.75) is 41.7 Å². The number of thioether (sulfide) groups is 2. The highest BCUT2D eigenvalue weighted by atomic mass is 32.2. The fourth-order valence-electron chi connectivity index (χ4n) is 3.94. The lowest BCUT2D eigenvalue weighted by molar-refractivity contribution is -0.150. The maximum atomic E-state index is 12.6. The number of aryl methyl sites for hydroxylation is 1. The monoisotopic (exact) mass is 651 g/mol. The topological polar surface area (TPSA) is 260 Å². The summed E-state index contributed by atoms with van der Waals surface area (Å²) in [7, 11) is 0. The number of carbonyl (C=O) groups is 4. The van der Waals surface area contributed by atoms with Crippen molar-refractivity contribution in [3.63, 3.8) is 0 Å². The van der Waals surface area contributed by atoms with Gasteiger partial charge in [0.25, 0.3) is 5.91 Å². The lowest BCUT2D eigenvalue weighted by Crippen LogP contribution is -2.70. The fraction of sp³-hybridized carbons (Fsp3) is 0.348. The van der Waals surface area contributed by atoms with E-state index >= 15 is 0 Å². The SMILES string of the molecule is Cc1nnc(SCC2=C(C(=O)O)N3C(=O)[C@@H](NC(=O)Cn4cnnn4)[C@H]3SC2)s1.NC(Cc1ccc(O)c(O)c1)C(=O)O. The molecule has 7 N–H and O–H groups in total. The number of fused-ring (bicyclic) bond motifs is 1. The number of carbonyl (C=O) groups excluding carboxylic acids is 2. The predicted octanol–water partition coefficient (Wildman–Crippen LogP) is -0.584. The van der Waals surface area contributed by atoms with Gasteiger partial charge in [-0.1, -0.05) is 29.2 Å². The minimum atomic E-state index is -1.16. The lowest BCUT2D eigenvalue weighted by Gasteiger charge is -2.49. The molecule has 3 atom stereocenters. The largest absolute Gasteiger partial charge is 0.504 e. The van der Waals surface area contributed by atoms with Crippen LogP contribution in [0.15, 0.2) is 40.1 Å². The number of β-lactam (4-membered cyclic amide) rings is 1. The van der Waals surface area contributed by atoms with Gasteiger partial charge in [0, 0.05) is 11.5 Å². The molecule has 2 aliphatic rings. The van der Waals surface area contributed by atoms with Crippen LogP contribution in [0.3, 0.4) is 0 Å². The molecule has 3 aromatic rings. The number of aromatic hydroxyl groups is 2. The molecule has 1 fully saturated rings. The third kappa shape index (κ3) is 7.77. The van der Waals surface area contributed by atoms with E-state index in [0.717, 1.165) is 9.35 Å². The summed E-state index contributed by atoms with van der Waals surface area (Å²) in [4.78, 5) is 48.2. The molecule has 0 saturated carbocycles. The molecule has 43 heavy (non-hydrogen) atoms. The van der Waals surface area contributed by atoms with Crippen LogP contribution in [0.2, 0.25) is 0 Å². The standard InChI is InChI=1S/C14H14N8O4S3.C9H11NO4/c1-6-17-18-14(29-6)28-4-7-3-27-12-9(11(24)22(12)10(7)13(25)26)16-8(23)2-21-5-15-19-20-21;10-6(9(13)14)3-5-1-2-7(11)8(12)4-5/h5,9,12H,2-4H2,1H3,(H,16,23)(H,25,26);1-2,4,6,11-12H,3,10H2,(H,13,14)/t9-,12-;/m1./s1. The second kappa shape index (κ2) is 13.8. The number of rotatable bonds is 10. The van der Waals surface area contributed by atoms with Crippen LogP contribution in [0.25, 0.3) is 0 Å². The number of amides is 2. The molecule has 5 rings (SSSR count). The molecule has 2 aliphatic heterocycles. The first-order valence-electron chi connectivity index (χ1n) is 12.3. The van der Waals surface area contributed by atoms with Crippen LogP contribution in [-0.2, 0) is 32.1 Å². The first-order chi connectivity index (χ1) is 20.4. The summed E-state index contributed by atoms with van der Waals surface area (Å²) in [5, 5.41) is 57.8. The Hall–Kier alpha value is -4.27. The highest BCUT2D eigenvalue weighted by Crippen LogP contribution is 2.41. The van der Waals surface area contributed by atoms with E-state index in [2.05, 4.69) is 31.0 Å². The highest BCUT2D eigenvalue weighted by molar-refractivity contribution is 8.01. The van der Waals surface area contributed by atoms with Crippen molar-refractivity contribution in [1.82, 2.24) is 40.6 Å². The normalized spacial score (nSPS) is 18.2. The van der Waals surface area contributed by atoms with Gasteiger partial charge >= 0.3 is 11.9 Å². The smallest absolute Gasteiger partial charge is 0.352 e. The Bertz CT molecular complexity index is 1550. The molecule has 2 aromatic heterocycles. The molecule has 1 aromatic carbocycles. The first-order valence-corrected chi connectivity index (χ1v) is 15.1. The molecule has 1 saturated heterocycles. The average Bonchev–Trinajstić information content (AvgIpc) is 3.63. The minimum absolute atomic E-state index is 0.0153. The number of carboxylic acids is 2. The van der Waals surface area contributed by atoms with Gasteiger partial charge in [-0.15, -0.1) is 27.1 Å². The Balaban J connectivity index is 0.000000255. The third-order valence-corrected chi connectivity index (χ3v) is 9.35. The van der Waals surface area contributed by atoms with Gasteiger partial charge in [-0.2, -0.15) is 0 Å². The average molecular weight is 652 g/mol. The van der Waals surface area contributed by atoms with Crippen molar-refractivity contribution in [2.75, 3.05) is 11.5 Å². The predicted molar refractivity (Wildman–Crippen MR) is 152 cm³/mol. The number of tetrazole rings is 1. The molecular weight excluding hydrogens is 627 g/mol. The number of nitrogens with zero attached hydrogens (tertiary/aromatic N) is 7. The number of carboxylic acid groups (broad SMARTS) is 2. The van der Waals surface area contributed by atoms with Crippen LogP contribution >= 0.6 is 34.9 Å². The van der Waals surface area contributed by atoms with Gasteiger partial charge in [0.2, 0.25) is 5.91 Å². The summed E-state index contributed by atoms with van der Waals surface area (Å²) in [6.07, 6.45) is 1.40. The summed E-state index contributed by atoms with van der Waals surface area (Å²) < 4.78 is 1.98. The molecular formula is C23H25N9O8S3. The van der Waals surface area contributed by atoms with Crippen LogP contribution < -0.4 is 11.1 Å². The molecule has 17 nitrogen and oxygen atoms in total. The van der Waals surface area contributed by atoms with Crippen LogP contribution in [0.1, 0.15) is 10.6 Å². The van der Waals surface area contributed by atoms with Crippen molar-refractivity contribution >= 4 is 58.6 Å². The van der Waals surface area contributed by atoms with E-state index in [1.807, 2.05) is 6.92 Å². The van der Waals surface area contributed by atoms with E-state index in [-0.39, 0.29) is 30.2 Å². The third-order valence-electron chi connectivity index (χ3n) is 5.95. The van der Waals surface area contributed by atoms with Crippen LogP contribution in [0.4, 0.5) is 0 Å². The van der Waals surface area contributed by atoms with Gasteiger partial charge in [-0.05, 0) is 47.0 Å². The Kier molecular flexibility index (Phi) is 10.2. The number of benzene rings is 1. The molecule has 228 valence electrons. The number of hydrogen-bond donors (Lipinski definition) is 6. The van der Waals surface area contributed by atoms with E-state index in [4.69, 9.17) is 21.1 Å². The fourth-order valence-corrected chi connectivity index (χ4v) is 7.24. The summed E-state index contributed by atoms with van der Waals surface area (Å²) in [6.45, 7) is 1.72. The second-order valence-electron chi connectivity index (χ2n) is 9.07. The number of aliphatic carboxylic acids is 2. The van der Waals surface area contributed by atoms with Gasteiger partial charge < -0.3 is 31.5 Å². The second-order valence-corrected chi connectivity index (χ2v) is 12.6. The van der Waals surface area contributed by atoms with Crippen molar-refractivity contribution in [3.05, 3.63) is 46.4 Å². The van der Waals surface area contributed by atoms with Gasteiger partial charge in [0.1, 0.15) is 41.0 Å². The van der Waals surface area contributed by atoms with Gasteiger partial charge in [0.15, 0.2) is 15.8 Å². The number of hydrogen-bond acceptors (Lipinski definition) is 15. The maximum Gasteiger partial charge on any atom is 0.352 e. The summed E-state index contributed by atoms with van der Waals surface area (Å²) in [5.41, 5.74) is 6.48. The lowest BCUT2D eigenvalue weighted by atomic mass is 10.0. The number of phenols is 2. The number of nitrogens with one attached hydrogen (secondary N) is 1. The maximum absolute atomic E-state index is 12.6. The zero-order chi connectivity index (χ0) is 31.3. The number of nitrogens with two attached hydrogens (primary N) is 1. The molecule has 0 bridgehead atoms. The van der Waals surface area contributed by atoms with E-state index in [1.54, 1.807) is 0 Å². The molecule has 20 heteroatoms. The summed E-state index contributed by atoms with van der Waals surface area (Å²) in [5.74, 6) is -2.80. The van der Waals surface area contributed by atoms with Gasteiger partial charge in [0.05, 0.1) is 0 Å². The Morgan fingerprint density at radius 1 is 1.21 bits per heavy atom. The molecule has 1 unspecified atom stereocenters. The molecule has 0 spiro atoms. The van der Waals surface area contributed by atoms with E-state index in [0.29, 0.717) is 22.6 Å². The molecule has 0 aliphatic carbocycles. The number of aromatic nitrogens is 6. The molecule has 0 radical (unpaired) electrons. The Morgan fingerprint density at radius 2 is 1.98 bits per heavy atom. The highest BCUT2D eigenvalue weighted by Gasteiger charge is 2.54. The van der Waals surface area contributed by atoms with Crippen molar-refractivity contribution in [2.24, 2.45) is 5.73 Å². The van der Waals surface area contributed by atoms with E-state index in [1.165, 1.54) is 69.0 Å². The van der Waals surface area contributed by atoms with Crippen molar-refractivity contribution in [3.8, 4) is 11.5 Å². The Labute approximate surface area is 255 Å². The molecule has 2 amide bonds. The summed E-state index contributed by atoms with van der Waals surface area (Å²) in [6, 6.07) is 2.31. The van der Waals surface area contributed by atoms with Gasteiger partial charge in [-0.3, -0.25) is 19.3 Å². The van der Waals surface area contributed by atoms with Crippen molar-refractivity contribution < 1.29 is 39.6 Å². The van der Waals surface area contributed by atoms with Gasteiger partial charge in [-0.25, -0.2) is 9.48 Å². The van der Waals surface area contributed by atoms with Crippen LogP contribution in [-0.4, -0.2) is 108 Å². The summed E-state index contributed by atoms with van der Waals surface area (Å²) >= 11 is 4.24.